The molecule has 0 saturated carbocycles. The smallest absolute Gasteiger partial charge is 0.417 e. The van der Waals surface area contributed by atoms with Crippen LogP contribution in [0, 0.1) is 56.3 Å². The lowest BCUT2D eigenvalue weighted by molar-refractivity contribution is -0.137. The van der Waals surface area contributed by atoms with Crippen LogP contribution in [0.15, 0.2) is 39.2 Å². The molecule has 17 heteroatoms. The second-order valence-corrected chi connectivity index (χ2v) is 22.8. The van der Waals surface area contributed by atoms with Crippen molar-refractivity contribution in [2.24, 2.45) is 35.5 Å². The lowest BCUT2D eigenvalue weighted by Gasteiger charge is -2.37. The van der Waals surface area contributed by atoms with Crippen LogP contribution in [0.25, 0.3) is 22.9 Å². The van der Waals surface area contributed by atoms with Crippen molar-refractivity contribution >= 4 is 23.4 Å². The van der Waals surface area contributed by atoms with Gasteiger partial charge in [-0.3, -0.25) is 19.4 Å². The first-order valence-electron chi connectivity index (χ1n) is 27.3. The largest absolute Gasteiger partial charge is 0.496 e. The van der Waals surface area contributed by atoms with Crippen molar-refractivity contribution in [3.63, 3.8) is 0 Å². The van der Waals surface area contributed by atoms with Crippen LogP contribution in [0.1, 0.15) is 112 Å². The number of piperidine rings is 4. The van der Waals surface area contributed by atoms with E-state index < -0.39 is 11.7 Å². The Kier molecular flexibility index (Phi) is 18.9. The van der Waals surface area contributed by atoms with Gasteiger partial charge < -0.3 is 34.0 Å². The number of benzene rings is 2. The molecule has 0 aliphatic carbocycles. The van der Waals surface area contributed by atoms with E-state index in [1.807, 2.05) is 6.92 Å². The molecule has 406 valence electrons. The van der Waals surface area contributed by atoms with Crippen LogP contribution in [-0.2, 0) is 35.3 Å². The molecule has 0 unspecified atom stereocenters. The number of rotatable bonds is 19. The van der Waals surface area contributed by atoms with E-state index in [2.05, 4.69) is 75.0 Å². The summed E-state index contributed by atoms with van der Waals surface area (Å²) in [6.45, 7) is 24.5. The van der Waals surface area contributed by atoms with Gasteiger partial charge in [-0.25, -0.2) is 9.97 Å². The van der Waals surface area contributed by atoms with E-state index in [4.69, 9.17) is 30.2 Å². The third-order valence-corrected chi connectivity index (χ3v) is 16.3. The number of amides is 2. The molecule has 2 amide bonds. The number of hydrogen-bond donors (Lipinski definition) is 2. The fourth-order valence-corrected chi connectivity index (χ4v) is 12.6. The van der Waals surface area contributed by atoms with Gasteiger partial charge in [-0.05, 0) is 165 Å². The van der Waals surface area contributed by atoms with E-state index in [0.717, 1.165) is 136 Å². The van der Waals surface area contributed by atoms with Crippen LogP contribution in [-0.4, -0.2) is 127 Å². The van der Waals surface area contributed by atoms with E-state index in [9.17, 15) is 22.8 Å². The average Bonchev–Trinajstić information content (AvgIpc) is 3.90. The minimum Gasteiger partial charge on any atom is -0.496 e. The fourth-order valence-electron chi connectivity index (χ4n) is 12.4. The van der Waals surface area contributed by atoms with E-state index >= 15 is 0 Å². The minimum atomic E-state index is -4.61. The van der Waals surface area contributed by atoms with Crippen molar-refractivity contribution in [2.45, 2.75) is 119 Å². The van der Waals surface area contributed by atoms with Gasteiger partial charge in [0.1, 0.15) is 17.3 Å². The maximum atomic E-state index is 13.8. The van der Waals surface area contributed by atoms with E-state index in [1.54, 1.807) is 14.0 Å². The number of nitrogens with one attached hydrogen (secondary N) is 2. The van der Waals surface area contributed by atoms with Gasteiger partial charge in [-0.2, -0.15) is 13.2 Å². The Morgan fingerprint density at radius 1 is 0.703 bits per heavy atom. The molecule has 4 fully saturated rings. The predicted octanol–water partition coefficient (Wildman–Crippen LogP) is 10.2. The average molecular weight is 1050 g/mol. The van der Waals surface area contributed by atoms with Gasteiger partial charge in [0.2, 0.25) is 23.6 Å². The molecule has 0 radical (unpaired) electrons. The number of carbonyl (C=O) groups is 2. The van der Waals surface area contributed by atoms with Crippen molar-refractivity contribution in [1.82, 2.24) is 40.2 Å². The van der Waals surface area contributed by atoms with E-state index in [1.165, 1.54) is 31.6 Å². The maximum absolute atomic E-state index is 13.8. The number of hydrogen-bond acceptors (Lipinski definition) is 11. The first kappa shape index (κ1) is 55.7. The standard InChI is InChI=1S/C57H80ClF3N8O5/c1-36-27-37(2)31-68(30-36)21-9-19-62-53(70)43-15-23-66(24-16-43)34-48-40(5)73-55(64-48)50-39(4)13-14-45(52(50)72-7)29-42-28-38(3)32-69(33-42)22-10-20-63-54(71)44-17-25-67(26-18-44)35-49-41(6)74-56(65-49)51-46(57(59,60)61)11-8-12-47(51)58/h8,11-14,36-38,42-44H,9-10,15-35H2,1-7H3,(H,62,70)(H,63,71)/t36-,37+,38-,42-/m1/s1. The maximum Gasteiger partial charge on any atom is 0.417 e. The van der Waals surface area contributed by atoms with Gasteiger partial charge in [0.05, 0.1) is 40.2 Å². The molecular weight excluding hydrogens is 969 g/mol. The monoisotopic (exact) mass is 1050 g/mol. The van der Waals surface area contributed by atoms with E-state index in [-0.39, 0.29) is 40.1 Å². The summed E-state index contributed by atoms with van der Waals surface area (Å²) in [5, 5.41) is 6.37. The highest BCUT2D eigenvalue weighted by atomic mass is 35.5. The van der Waals surface area contributed by atoms with Gasteiger partial charge in [-0.1, -0.05) is 50.6 Å². The molecular formula is C57H80ClF3N8O5. The highest BCUT2D eigenvalue weighted by Gasteiger charge is 2.37. The number of carbonyl (C=O) groups excluding carboxylic acids is 2. The fraction of sp³-hybridized carbons (Fsp3) is 0.649. The van der Waals surface area contributed by atoms with Gasteiger partial charge in [0, 0.05) is 64.2 Å². The summed E-state index contributed by atoms with van der Waals surface area (Å²) in [5.74, 6) is 5.19. The molecule has 4 aromatic rings. The molecule has 4 aliphatic rings. The quantitative estimate of drug-likeness (QED) is 0.0870. The van der Waals surface area contributed by atoms with Crippen LogP contribution in [0.4, 0.5) is 13.2 Å². The molecule has 4 saturated heterocycles. The number of methoxy groups -OCH3 is 1. The number of halogens is 4. The summed E-state index contributed by atoms with van der Waals surface area (Å²) < 4.78 is 59.7. The highest BCUT2D eigenvalue weighted by molar-refractivity contribution is 6.33. The lowest BCUT2D eigenvalue weighted by atomic mass is 9.85. The number of likely N-dealkylation sites (tertiary alicyclic amines) is 4. The normalized spacial score (nSPS) is 22.3. The van der Waals surface area contributed by atoms with E-state index in [0.29, 0.717) is 74.7 Å². The molecule has 74 heavy (non-hydrogen) atoms. The van der Waals surface area contributed by atoms with Gasteiger partial charge in [0.25, 0.3) is 0 Å². The van der Waals surface area contributed by atoms with Crippen LogP contribution >= 0.6 is 11.6 Å². The number of nitrogens with zero attached hydrogens (tertiary/aromatic N) is 6. The molecule has 8 rings (SSSR count). The Labute approximate surface area is 441 Å². The molecule has 0 spiro atoms. The van der Waals surface area contributed by atoms with Gasteiger partial charge in [-0.15, -0.1) is 0 Å². The van der Waals surface area contributed by atoms with Crippen LogP contribution in [0.5, 0.6) is 5.75 Å². The number of aromatic nitrogens is 2. The molecule has 4 atom stereocenters. The second kappa shape index (κ2) is 25.1. The summed E-state index contributed by atoms with van der Waals surface area (Å²) in [7, 11) is 1.74. The Morgan fingerprint density at radius 2 is 1.20 bits per heavy atom. The first-order valence-corrected chi connectivity index (χ1v) is 27.7. The van der Waals surface area contributed by atoms with Crippen molar-refractivity contribution in [1.29, 1.82) is 0 Å². The molecule has 2 aromatic heterocycles. The Balaban J connectivity index is 0.764. The van der Waals surface area contributed by atoms with Gasteiger partial charge in [0.15, 0.2) is 0 Å². The minimum absolute atomic E-state index is 0.0520. The number of alkyl halides is 3. The number of aryl methyl sites for hydroxylation is 3. The molecule has 4 aliphatic heterocycles. The molecule has 13 nitrogen and oxygen atoms in total. The first-order chi connectivity index (χ1) is 35.4. The third kappa shape index (κ3) is 14.3. The predicted molar refractivity (Wildman–Crippen MR) is 283 cm³/mol. The van der Waals surface area contributed by atoms with Crippen LogP contribution < -0.4 is 15.4 Å². The lowest BCUT2D eigenvalue weighted by Crippen LogP contribution is -2.43. The summed E-state index contributed by atoms with van der Waals surface area (Å²) in [6, 6.07) is 7.99. The number of ether oxygens (including phenoxy) is 1. The van der Waals surface area contributed by atoms with Crippen LogP contribution in [0.2, 0.25) is 5.02 Å². The van der Waals surface area contributed by atoms with Crippen molar-refractivity contribution in [3.8, 4) is 28.7 Å². The zero-order valence-electron chi connectivity index (χ0n) is 44.9. The summed E-state index contributed by atoms with van der Waals surface area (Å²) in [4.78, 5) is 45.6. The summed E-state index contributed by atoms with van der Waals surface area (Å²) in [6.07, 6.45) is 3.60. The second-order valence-electron chi connectivity index (χ2n) is 22.4. The SMILES string of the molecule is COc1c(C[C@H]2C[C@@H](C)CN(CCCNC(=O)C3CCN(Cc4nc(-c5c(Cl)cccc5C(F)(F)F)oc4C)CC3)C2)ccc(C)c1-c1nc(CN2CCC(C(=O)NCCCN3C[C@H](C)C[C@H](C)C3)CC2)c(C)o1. The van der Waals surface area contributed by atoms with Crippen molar-refractivity contribution in [2.75, 3.05) is 85.6 Å². The molecule has 0 bridgehead atoms. The number of oxazole rings is 2. The summed E-state index contributed by atoms with van der Waals surface area (Å²) in [5.41, 5.74) is 3.44. The highest BCUT2D eigenvalue weighted by Crippen LogP contribution is 2.42. The third-order valence-electron chi connectivity index (χ3n) is 16.0. The van der Waals surface area contributed by atoms with Crippen molar-refractivity contribution in [3.05, 3.63) is 75.0 Å². The zero-order chi connectivity index (χ0) is 52.7. The zero-order valence-corrected chi connectivity index (χ0v) is 45.6. The van der Waals surface area contributed by atoms with Gasteiger partial charge >= 0.3 is 6.18 Å². The Bertz CT molecular complexity index is 2510. The van der Waals surface area contributed by atoms with Crippen LogP contribution in [0.3, 0.4) is 0 Å². The topological polar surface area (TPSA) is 132 Å². The molecule has 2 N–H and O–H groups in total. The van der Waals surface area contributed by atoms with Crippen molar-refractivity contribution < 1.29 is 36.3 Å². The molecule has 6 heterocycles. The summed E-state index contributed by atoms with van der Waals surface area (Å²) >= 11 is 6.21. The molecule has 2 aromatic carbocycles. The Hall–Kier alpha value is -4.48. The Morgan fingerprint density at radius 3 is 1.72 bits per heavy atom.